The van der Waals surface area contributed by atoms with E-state index in [1.165, 1.54) is 18.2 Å². The van der Waals surface area contributed by atoms with Crippen molar-refractivity contribution in [1.29, 1.82) is 0 Å². The number of halogens is 2. The molecule has 6 nitrogen and oxygen atoms in total. The summed E-state index contributed by atoms with van der Waals surface area (Å²) in [4.78, 5) is 27.3. The molecule has 0 aliphatic rings. The average molecular weight is 495 g/mol. The summed E-state index contributed by atoms with van der Waals surface area (Å²) in [6.07, 6.45) is 2.83. The van der Waals surface area contributed by atoms with Gasteiger partial charge in [-0.05, 0) is 59.7 Å². The van der Waals surface area contributed by atoms with Crippen molar-refractivity contribution in [3.63, 3.8) is 0 Å². The second kappa shape index (κ2) is 9.15. The lowest BCUT2D eigenvalue weighted by molar-refractivity contribution is -0.136. The summed E-state index contributed by atoms with van der Waals surface area (Å²) in [5.41, 5.74) is 2.78. The first kappa shape index (κ1) is 21.5. The first-order chi connectivity index (χ1) is 15.4. The zero-order valence-electron chi connectivity index (χ0n) is 16.5. The van der Waals surface area contributed by atoms with Gasteiger partial charge in [0.1, 0.15) is 11.3 Å². The molecule has 0 spiro atoms. The van der Waals surface area contributed by atoms with Crippen LogP contribution in [-0.4, -0.2) is 22.0 Å². The summed E-state index contributed by atoms with van der Waals surface area (Å²) in [5, 5.41) is 11.4. The van der Waals surface area contributed by atoms with Crippen LogP contribution in [0.2, 0.25) is 0 Å². The number of fused-ring (bicyclic) bond motifs is 1. The van der Waals surface area contributed by atoms with Gasteiger partial charge in [-0.15, -0.1) is 0 Å². The predicted molar refractivity (Wildman–Crippen MR) is 123 cm³/mol. The molecule has 8 heteroatoms. The number of aliphatic carboxylic acids is 1. The van der Waals surface area contributed by atoms with E-state index in [0.29, 0.717) is 22.2 Å². The molecule has 0 aliphatic carbocycles. The van der Waals surface area contributed by atoms with Crippen molar-refractivity contribution in [2.45, 2.75) is 6.42 Å². The van der Waals surface area contributed by atoms with E-state index in [4.69, 9.17) is 9.52 Å². The Morgan fingerprint density at radius 3 is 2.59 bits per heavy atom. The van der Waals surface area contributed by atoms with Gasteiger partial charge < -0.3 is 14.8 Å². The van der Waals surface area contributed by atoms with Gasteiger partial charge in [0.15, 0.2) is 5.58 Å². The van der Waals surface area contributed by atoms with Crippen LogP contribution < -0.4 is 5.32 Å². The number of anilines is 1. The number of amides is 1. The molecule has 160 valence electrons. The molecular formula is C24H16BrFN2O4. The van der Waals surface area contributed by atoms with Gasteiger partial charge in [0.2, 0.25) is 11.8 Å². The number of carbonyl (C=O) groups is 2. The number of aromatic nitrogens is 1. The lowest BCUT2D eigenvalue weighted by Gasteiger charge is -2.05. The maximum absolute atomic E-state index is 14.6. The Bertz CT molecular complexity index is 1350. The molecule has 3 aromatic carbocycles. The Kier molecular flexibility index (Phi) is 6.13. The first-order valence-corrected chi connectivity index (χ1v) is 10.3. The second-order valence-electron chi connectivity index (χ2n) is 6.96. The summed E-state index contributed by atoms with van der Waals surface area (Å²) < 4.78 is 21.2. The highest BCUT2D eigenvalue weighted by Crippen LogP contribution is 2.28. The molecule has 2 N–H and O–H groups in total. The van der Waals surface area contributed by atoms with Crippen molar-refractivity contribution in [3.8, 4) is 11.5 Å². The van der Waals surface area contributed by atoms with Crippen molar-refractivity contribution in [1.82, 2.24) is 4.98 Å². The summed E-state index contributed by atoms with van der Waals surface area (Å²) >= 11 is 3.34. The van der Waals surface area contributed by atoms with Gasteiger partial charge >= 0.3 is 5.97 Å². The van der Waals surface area contributed by atoms with Gasteiger partial charge in [0, 0.05) is 16.1 Å². The van der Waals surface area contributed by atoms with Gasteiger partial charge in [0.25, 0.3) is 0 Å². The molecular weight excluding hydrogens is 479 g/mol. The largest absolute Gasteiger partial charge is 0.481 e. The van der Waals surface area contributed by atoms with Crippen molar-refractivity contribution in [2.75, 3.05) is 5.32 Å². The lowest BCUT2D eigenvalue weighted by Crippen LogP contribution is -2.09. The molecule has 32 heavy (non-hydrogen) atoms. The molecule has 1 aromatic heterocycles. The molecule has 0 fully saturated rings. The molecule has 1 amide bonds. The van der Waals surface area contributed by atoms with E-state index in [-0.39, 0.29) is 18.0 Å². The third-order valence-electron chi connectivity index (χ3n) is 4.58. The summed E-state index contributed by atoms with van der Waals surface area (Å²) in [6, 6.07) is 16.5. The highest BCUT2D eigenvalue weighted by molar-refractivity contribution is 9.10. The number of hydrogen-bond acceptors (Lipinski definition) is 4. The van der Waals surface area contributed by atoms with Crippen molar-refractivity contribution < 1.29 is 23.5 Å². The fourth-order valence-electron chi connectivity index (χ4n) is 3.05. The summed E-state index contributed by atoms with van der Waals surface area (Å²) in [5.74, 6) is -1.85. The van der Waals surface area contributed by atoms with Gasteiger partial charge in [-0.25, -0.2) is 9.37 Å². The number of carbonyl (C=O) groups excluding carboxylic acids is 1. The van der Waals surface area contributed by atoms with Crippen molar-refractivity contribution >= 4 is 50.7 Å². The Hall–Kier alpha value is -3.78. The lowest BCUT2D eigenvalue weighted by atomic mass is 10.1. The summed E-state index contributed by atoms with van der Waals surface area (Å²) in [7, 11) is 0. The molecule has 4 aromatic rings. The molecule has 0 unspecified atom stereocenters. The van der Waals surface area contributed by atoms with Crippen molar-refractivity contribution in [2.24, 2.45) is 0 Å². The molecule has 0 saturated heterocycles. The van der Waals surface area contributed by atoms with E-state index in [1.54, 1.807) is 30.3 Å². The molecule has 1 heterocycles. The maximum Gasteiger partial charge on any atom is 0.307 e. The van der Waals surface area contributed by atoms with Crippen LogP contribution in [-0.2, 0) is 16.0 Å². The van der Waals surface area contributed by atoms with E-state index < -0.39 is 17.7 Å². The van der Waals surface area contributed by atoms with Gasteiger partial charge in [0.05, 0.1) is 12.1 Å². The number of oxazole rings is 1. The highest BCUT2D eigenvalue weighted by atomic mass is 79.9. The zero-order chi connectivity index (χ0) is 22.7. The van der Waals surface area contributed by atoms with Crippen LogP contribution >= 0.6 is 15.9 Å². The van der Waals surface area contributed by atoms with Crippen LogP contribution in [0.25, 0.3) is 28.6 Å². The molecule has 0 radical (unpaired) electrons. The Morgan fingerprint density at radius 2 is 1.88 bits per heavy atom. The molecule has 0 aliphatic heterocycles. The van der Waals surface area contributed by atoms with E-state index >= 15 is 0 Å². The van der Waals surface area contributed by atoms with E-state index in [9.17, 15) is 14.0 Å². The third kappa shape index (κ3) is 5.09. The number of hydrogen-bond donors (Lipinski definition) is 2. The number of nitrogens with one attached hydrogen (secondary N) is 1. The summed E-state index contributed by atoms with van der Waals surface area (Å²) in [6.45, 7) is 0. The Morgan fingerprint density at radius 1 is 1.09 bits per heavy atom. The monoisotopic (exact) mass is 494 g/mol. The third-order valence-corrected chi connectivity index (χ3v) is 5.11. The van der Waals surface area contributed by atoms with Crippen LogP contribution in [0, 0.1) is 5.82 Å². The topological polar surface area (TPSA) is 92.4 Å². The predicted octanol–water partition coefficient (Wildman–Crippen LogP) is 5.68. The Balaban J connectivity index is 1.49. The van der Waals surface area contributed by atoms with Gasteiger partial charge in [-0.3, -0.25) is 9.59 Å². The molecule has 4 rings (SSSR count). The normalized spacial score (nSPS) is 11.2. The second-order valence-corrected chi connectivity index (χ2v) is 7.88. The van der Waals surface area contributed by atoms with Crippen LogP contribution in [0.5, 0.6) is 0 Å². The minimum absolute atomic E-state index is 0.0269. The fraction of sp³-hybridized carbons (Fsp3) is 0.0417. The SMILES string of the molecule is O=C(O)Cc1ccc2oc(-c3ccc(NC(=O)C=Cc4ccc(Br)cc4)c(F)c3)nc2c1. The highest BCUT2D eigenvalue weighted by Gasteiger charge is 2.13. The molecule has 0 saturated carbocycles. The average Bonchev–Trinajstić information content (AvgIpc) is 3.18. The number of benzene rings is 3. The number of carboxylic acids is 1. The smallest absolute Gasteiger partial charge is 0.307 e. The van der Waals surface area contributed by atoms with Crippen LogP contribution in [0.15, 0.2) is 75.6 Å². The number of nitrogens with zero attached hydrogens (tertiary/aromatic N) is 1. The number of carboxylic acid groups (broad SMARTS) is 1. The van der Waals surface area contributed by atoms with Crippen molar-refractivity contribution in [3.05, 3.63) is 88.2 Å². The standard InChI is InChI=1S/C24H16BrFN2O4/c25-17-6-1-14(2-7-17)4-10-22(29)27-19-8-5-16(13-18(19)26)24-28-20-11-15(12-23(30)31)3-9-21(20)32-24/h1-11,13H,12H2,(H,27,29)(H,30,31). The van der Waals surface area contributed by atoms with Crippen LogP contribution in [0.1, 0.15) is 11.1 Å². The van der Waals surface area contributed by atoms with E-state index in [0.717, 1.165) is 10.0 Å². The maximum atomic E-state index is 14.6. The van der Waals surface area contributed by atoms with Gasteiger partial charge in [-0.2, -0.15) is 0 Å². The zero-order valence-corrected chi connectivity index (χ0v) is 18.1. The molecule has 0 atom stereocenters. The first-order valence-electron chi connectivity index (χ1n) is 9.53. The molecule has 0 bridgehead atoms. The van der Waals surface area contributed by atoms with Crippen LogP contribution in [0.3, 0.4) is 0 Å². The van der Waals surface area contributed by atoms with Gasteiger partial charge in [-0.1, -0.05) is 34.1 Å². The Labute approximate surface area is 190 Å². The minimum atomic E-state index is -0.945. The quantitative estimate of drug-likeness (QED) is 0.336. The van der Waals surface area contributed by atoms with E-state index in [2.05, 4.69) is 26.2 Å². The minimum Gasteiger partial charge on any atom is -0.481 e. The van der Waals surface area contributed by atoms with Crippen LogP contribution in [0.4, 0.5) is 10.1 Å². The fourth-order valence-corrected chi connectivity index (χ4v) is 3.32. The van der Waals surface area contributed by atoms with E-state index in [1.807, 2.05) is 24.3 Å². The number of rotatable bonds is 6.